The van der Waals surface area contributed by atoms with Crippen LogP contribution in [0.4, 0.5) is 0 Å². The molecule has 1 atom stereocenters. The third kappa shape index (κ3) is 8.60. The first-order valence-electron chi connectivity index (χ1n) is 11.7. The molecule has 0 aliphatic rings. The molecule has 5 nitrogen and oxygen atoms in total. The van der Waals surface area contributed by atoms with Crippen molar-refractivity contribution in [1.29, 1.82) is 0 Å². The zero-order chi connectivity index (χ0) is 22.5. The van der Waals surface area contributed by atoms with Crippen molar-refractivity contribution in [2.24, 2.45) is 0 Å². The summed E-state index contributed by atoms with van der Waals surface area (Å²) in [5.41, 5.74) is 2.41. The minimum absolute atomic E-state index is 0.0238. The fourth-order valence-corrected chi connectivity index (χ4v) is 3.37. The molecule has 1 unspecified atom stereocenters. The van der Waals surface area contributed by atoms with Crippen LogP contribution in [0, 0.1) is 0 Å². The number of rotatable bonds is 14. The Balaban J connectivity index is 1.86. The van der Waals surface area contributed by atoms with Gasteiger partial charge in [0.15, 0.2) is 17.7 Å². The third-order valence-corrected chi connectivity index (χ3v) is 5.42. The van der Waals surface area contributed by atoms with Gasteiger partial charge in [-0.1, -0.05) is 64.5 Å². The number of aromatic nitrogens is 2. The van der Waals surface area contributed by atoms with Gasteiger partial charge in [-0.3, -0.25) is 4.79 Å². The van der Waals surface area contributed by atoms with Crippen molar-refractivity contribution in [1.82, 2.24) is 9.97 Å². The van der Waals surface area contributed by atoms with Crippen molar-refractivity contribution in [3.8, 4) is 11.4 Å². The Morgan fingerprint density at radius 1 is 0.871 bits per heavy atom. The standard InChI is InChI=1S/C26H36N2O3/c1-4-6-8-10-12-21-18-27-25(28-19-21)22-14-16-23(17-15-22)26(30)31-20(3)24(29)13-11-9-7-5-2/h14-20H,4-13H2,1-3H3. The number of esters is 1. The van der Waals surface area contributed by atoms with E-state index in [1.807, 2.05) is 24.5 Å². The number of hydrogen-bond acceptors (Lipinski definition) is 5. The summed E-state index contributed by atoms with van der Waals surface area (Å²) >= 11 is 0. The minimum atomic E-state index is -0.720. The normalized spacial score (nSPS) is 11.8. The van der Waals surface area contributed by atoms with Crippen LogP contribution < -0.4 is 0 Å². The molecule has 168 valence electrons. The van der Waals surface area contributed by atoms with Crippen LogP contribution in [0.5, 0.6) is 0 Å². The molecule has 0 bridgehead atoms. The first-order valence-corrected chi connectivity index (χ1v) is 11.7. The van der Waals surface area contributed by atoms with Gasteiger partial charge >= 0.3 is 5.97 Å². The van der Waals surface area contributed by atoms with Gasteiger partial charge in [-0.05, 0) is 43.9 Å². The fourth-order valence-electron chi connectivity index (χ4n) is 3.37. The average Bonchev–Trinajstić information content (AvgIpc) is 2.80. The molecule has 2 rings (SSSR count). The molecule has 0 aliphatic carbocycles. The first-order chi connectivity index (χ1) is 15.0. The Hall–Kier alpha value is -2.56. The van der Waals surface area contributed by atoms with Crippen molar-refractivity contribution in [2.45, 2.75) is 91.1 Å². The summed E-state index contributed by atoms with van der Waals surface area (Å²) in [6.07, 6.45) is 13.5. The second-order valence-corrected chi connectivity index (χ2v) is 8.13. The number of aryl methyl sites for hydroxylation is 1. The quantitative estimate of drug-likeness (QED) is 0.261. The van der Waals surface area contributed by atoms with Crippen LogP contribution in [-0.2, 0) is 16.0 Å². The summed E-state index contributed by atoms with van der Waals surface area (Å²) < 4.78 is 5.35. The van der Waals surface area contributed by atoms with E-state index in [4.69, 9.17) is 4.74 Å². The Kier molecular flexibility index (Phi) is 10.9. The Bertz CT molecular complexity index is 800. The van der Waals surface area contributed by atoms with Gasteiger partial charge in [0.2, 0.25) is 0 Å². The van der Waals surface area contributed by atoms with Crippen molar-refractivity contribution >= 4 is 11.8 Å². The van der Waals surface area contributed by atoms with E-state index in [0.717, 1.165) is 49.7 Å². The third-order valence-electron chi connectivity index (χ3n) is 5.42. The molecule has 31 heavy (non-hydrogen) atoms. The van der Waals surface area contributed by atoms with Gasteiger partial charge in [-0.15, -0.1) is 0 Å². The Morgan fingerprint density at radius 2 is 1.48 bits per heavy atom. The summed E-state index contributed by atoms with van der Waals surface area (Å²) in [6.45, 7) is 5.99. The molecule has 0 N–H and O–H groups in total. The lowest BCUT2D eigenvalue weighted by atomic mass is 10.1. The lowest BCUT2D eigenvalue weighted by molar-refractivity contribution is -0.127. The summed E-state index contributed by atoms with van der Waals surface area (Å²) in [7, 11) is 0. The van der Waals surface area contributed by atoms with Gasteiger partial charge < -0.3 is 4.74 Å². The zero-order valence-electron chi connectivity index (χ0n) is 19.2. The molecule has 1 heterocycles. The molecule has 1 aromatic carbocycles. The van der Waals surface area contributed by atoms with E-state index in [0.29, 0.717) is 17.8 Å². The number of carbonyl (C=O) groups is 2. The lowest BCUT2D eigenvalue weighted by Crippen LogP contribution is -2.24. The molecule has 0 aliphatic heterocycles. The predicted octanol–water partition coefficient (Wildman–Crippen LogP) is 6.35. The van der Waals surface area contributed by atoms with Gasteiger partial charge in [0.05, 0.1) is 5.56 Å². The van der Waals surface area contributed by atoms with Crippen molar-refractivity contribution in [3.63, 3.8) is 0 Å². The number of ether oxygens (including phenoxy) is 1. The number of hydrogen-bond donors (Lipinski definition) is 0. The first kappa shape index (κ1) is 24.7. The molecule has 0 saturated heterocycles. The van der Waals surface area contributed by atoms with Crippen LogP contribution >= 0.6 is 0 Å². The van der Waals surface area contributed by atoms with Crippen LogP contribution in [0.1, 0.15) is 94.5 Å². The van der Waals surface area contributed by atoms with E-state index in [9.17, 15) is 9.59 Å². The van der Waals surface area contributed by atoms with Gasteiger partial charge in [0.1, 0.15) is 0 Å². The minimum Gasteiger partial charge on any atom is -0.451 e. The molecular formula is C26H36N2O3. The highest BCUT2D eigenvalue weighted by atomic mass is 16.5. The van der Waals surface area contributed by atoms with Gasteiger partial charge in [0, 0.05) is 24.4 Å². The number of ketones is 1. The SMILES string of the molecule is CCCCCCC(=O)C(C)OC(=O)c1ccc(-c2ncc(CCCCCC)cn2)cc1. The highest BCUT2D eigenvalue weighted by Crippen LogP contribution is 2.17. The smallest absolute Gasteiger partial charge is 0.338 e. The topological polar surface area (TPSA) is 69.2 Å². The second-order valence-electron chi connectivity index (χ2n) is 8.13. The van der Waals surface area contributed by atoms with Crippen LogP contribution in [0.3, 0.4) is 0 Å². The number of Topliss-reactive ketones (excluding diaryl/α,β-unsaturated/α-hetero) is 1. The monoisotopic (exact) mass is 424 g/mol. The van der Waals surface area contributed by atoms with Crippen LogP contribution in [0.2, 0.25) is 0 Å². The maximum Gasteiger partial charge on any atom is 0.338 e. The van der Waals surface area contributed by atoms with Crippen LogP contribution in [0.25, 0.3) is 11.4 Å². The molecular weight excluding hydrogens is 388 g/mol. The van der Waals surface area contributed by atoms with Crippen molar-refractivity contribution in [2.75, 3.05) is 0 Å². The predicted molar refractivity (Wildman–Crippen MR) is 124 cm³/mol. The van der Waals surface area contributed by atoms with E-state index in [1.165, 1.54) is 19.3 Å². The largest absolute Gasteiger partial charge is 0.451 e. The van der Waals surface area contributed by atoms with Gasteiger partial charge in [-0.2, -0.15) is 0 Å². The number of nitrogens with zero attached hydrogens (tertiary/aromatic N) is 2. The number of carbonyl (C=O) groups excluding carboxylic acids is 2. The summed E-state index contributed by atoms with van der Waals surface area (Å²) in [4.78, 5) is 33.4. The fraction of sp³-hybridized carbons (Fsp3) is 0.538. The molecule has 0 fully saturated rings. The van der Waals surface area contributed by atoms with E-state index in [2.05, 4.69) is 23.8 Å². The molecule has 0 saturated carbocycles. The lowest BCUT2D eigenvalue weighted by Gasteiger charge is -2.12. The highest BCUT2D eigenvalue weighted by molar-refractivity contribution is 5.93. The number of benzene rings is 1. The van der Waals surface area contributed by atoms with E-state index >= 15 is 0 Å². The van der Waals surface area contributed by atoms with E-state index in [1.54, 1.807) is 19.1 Å². The van der Waals surface area contributed by atoms with Gasteiger partial charge in [0.25, 0.3) is 0 Å². The average molecular weight is 425 g/mol. The van der Waals surface area contributed by atoms with E-state index < -0.39 is 12.1 Å². The molecule has 1 aromatic heterocycles. The number of unbranched alkanes of at least 4 members (excludes halogenated alkanes) is 6. The molecule has 5 heteroatoms. The maximum absolute atomic E-state index is 12.4. The molecule has 2 aromatic rings. The Labute approximate surface area is 186 Å². The maximum atomic E-state index is 12.4. The summed E-state index contributed by atoms with van der Waals surface area (Å²) in [5, 5.41) is 0. The van der Waals surface area contributed by atoms with Crippen LogP contribution in [0.15, 0.2) is 36.7 Å². The molecule has 0 amide bonds. The highest BCUT2D eigenvalue weighted by Gasteiger charge is 2.18. The molecule has 0 radical (unpaired) electrons. The van der Waals surface area contributed by atoms with E-state index in [-0.39, 0.29) is 5.78 Å². The van der Waals surface area contributed by atoms with Crippen LogP contribution in [-0.4, -0.2) is 27.8 Å². The summed E-state index contributed by atoms with van der Waals surface area (Å²) in [6, 6.07) is 7.00. The Morgan fingerprint density at radius 3 is 2.10 bits per heavy atom. The van der Waals surface area contributed by atoms with Crippen molar-refractivity contribution in [3.05, 3.63) is 47.8 Å². The second kappa shape index (κ2) is 13.7. The molecule has 0 spiro atoms. The zero-order valence-corrected chi connectivity index (χ0v) is 19.2. The van der Waals surface area contributed by atoms with Crippen molar-refractivity contribution < 1.29 is 14.3 Å². The summed E-state index contributed by atoms with van der Waals surface area (Å²) in [5.74, 6) is 0.126. The van der Waals surface area contributed by atoms with Gasteiger partial charge in [-0.25, -0.2) is 14.8 Å².